The minimum absolute atomic E-state index is 0.205. The summed E-state index contributed by atoms with van der Waals surface area (Å²) in [6.45, 7) is 14.2. The van der Waals surface area contributed by atoms with Gasteiger partial charge in [-0.1, -0.05) is 248 Å². The molecule has 0 aliphatic heterocycles. The second-order valence-corrected chi connectivity index (χ2v) is 38.6. The molecule has 4 aliphatic carbocycles. The summed E-state index contributed by atoms with van der Waals surface area (Å²) in [4.78, 5) is 0. The minimum atomic E-state index is -1.61. The van der Waals surface area contributed by atoms with Crippen molar-refractivity contribution in [3.63, 3.8) is 0 Å². The number of hydrogen-bond donors (Lipinski definition) is 0. The number of ether oxygens (including phenoxy) is 4. The van der Waals surface area contributed by atoms with E-state index >= 15 is 0 Å². The molecule has 0 N–H and O–H groups in total. The Kier molecular flexibility index (Phi) is 24.3. The van der Waals surface area contributed by atoms with Crippen molar-refractivity contribution in [3.05, 3.63) is 380 Å². The third-order valence-corrected chi connectivity index (χ3v) is 30.1. The first kappa shape index (κ1) is 76.0. The number of fused-ring (bicyclic) bond motifs is 4. The number of hydrogen-bond acceptors (Lipinski definition) is 4. The summed E-state index contributed by atoms with van der Waals surface area (Å²) < 4.78 is 21.5. The van der Waals surface area contributed by atoms with Crippen LogP contribution in [-0.2, 0) is 20.8 Å². The molecule has 0 saturated carbocycles. The van der Waals surface area contributed by atoms with Crippen LogP contribution in [0.4, 0.5) is 0 Å². The van der Waals surface area contributed by atoms with Gasteiger partial charge in [-0.05, 0) is 139 Å². The topological polar surface area (TPSA) is 36.9 Å². The fraction of sp³-hybridized carbons (Fsp3) is 0.160. The van der Waals surface area contributed by atoms with E-state index in [9.17, 15) is 0 Å². The number of methoxy groups -OCH3 is 4. The third-order valence-electron chi connectivity index (χ3n) is 22.6. The van der Waals surface area contributed by atoms with Gasteiger partial charge in [0.05, 0.1) is 28.4 Å². The number of benzene rings is 8. The van der Waals surface area contributed by atoms with Gasteiger partial charge in [-0.25, -0.2) is 0 Å². The van der Waals surface area contributed by atoms with Gasteiger partial charge < -0.3 is 18.9 Å². The molecule has 0 aromatic heterocycles. The Labute approximate surface area is 667 Å². The fourth-order valence-corrected chi connectivity index (χ4v) is 24.6. The van der Waals surface area contributed by atoms with E-state index in [-0.39, 0.29) is 23.7 Å². The number of aryl methyl sites for hydroxylation is 4. The van der Waals surface area contributed by atoms with Gasteiger partial charge in [0.25, 0.3) is 0 Å². The second-order valence-electron chi connectivity index (χ2n) is 28.7. The third kappa shape index (κ3) is 16.0. The second kappa shape index (κ2) is 34.8. The Morgan fingerprint density at radius 2 is 0.459 bits per heavy atom. The van der Waals surface area contributed by atoms with E-state index in [2.05, 4.69) is 309 Å². The van der Waals surface area contributed by atoms with Gasteiger partial charge in [0, 0.05) is 17.6 Å². The van der Waals surface area contributed by atoms with Crippen molar-refractivity contribution in [1.29, 1.82) is 0 Å². The molecular formula is C100H92Cl2O4Si2Zr-4. The van der Waals surface area contributed by atoms with E-state index in [1.54, 1.807) is 49.2 Å². The summed E-state index contributed by atoms with van der Waals surface area (Å²) in [6.07, 6.45) is 37.0. The van der Waals surface area contributed by atoms with Crippen LogP contribution in [0.3, 0.4) is 0 Å². The monoisotopic (exact) mass is 1570 g/mol. The van der Waals surface area contributed by atoms with Crippen LogP contribution in [0.5, 0.6) is 23.0 Å². The maximum atomic E-state index is 5.37. The molecule has 0 radical (unpaired) electrons. The van der Waals surface area contributed by atoms with E-state index in [0.717, 1.165) is 23.0 Å². The molecule has 12 aromatic rings. The van der Waals surface area contributed by atoms with Crippen molar-refractivity contribution in [2.75, 3.05) is 28.4 Å². The summed E-state index contributed by atoms with van der Waals surface area (Å²) in [6, 6.07) is 82.1. The molecule has 0 amide bonds. The Hall–Kier alpha value is -9.82. The Morgan fingerprint density at radius 3 is 0.624 bits per heavy atom. The summed E-state index contributed by atoms with van der Waals surface area (Å²) in [5.74, 6) is 4.33. The molecule has 16 rings (SSSR count). The van der Waals surface area contributed by atoms with E-state index in [4.69, 9.17) is 36.0 Å². The first-order valence-electron chi connectivity index (χ1n) is 37.9. The number of allylic oxidation sites excluding steroid dienone is 12. The van der Waals surface area contributed by atoms with Crippen molar-refractivity contribution in [3.8, 4) is 67.5 Å². The molecule has 0 heterocycles. The van der Waals surface area contributed by atoms with Crippen molar-refractivity contribution >= 4 is 79.7 Å². The zero-order chi connectivity index (χ0) is 75.7. The molecule has 9 heteroatoms. The van der Waals surface area contributed by atoms with E-state index in [1.807, 2.05) is 48.5 Å². The van der Waals surface area contributed by atoms with E-state index < -0.39 is 38.4 Å². The summed E-state index contributed by atoms with van der Waals surface area (Å²) >= 11 is -0.826. The Bertz CT molecular complexity index is 4730. The van der Waals surface area contributed by atoms with Crippen LogP contribution in [0.1, 0.15) is 127 Å². The summed E-state index contributed by atoms with van der Waals surface area (Å²) in [7, 11) is 13.5. The van der Waals surface area contributed by atoms with Crippen LogP contribution in [0.15, 0.2) is 291 Å². The summed E-state index contributed by atoms with van der Waals surface area (Å²) in [5.41, 5.74) is 32.1. The van der Waals surface area contributed by atoms with Crippen molar-refractivity contribution in [2.45, 2.75) is 77.3 Å². The normalized spacial score (nSPS) is 16.1. The van der Waals surface area contributed by atoms with Gasteiger partial charge in [0.15, 0.2) is 0 Å². The molecule has 0 fully saturated rings. The molecule has 0 spiro atoms. The van der Waals surface area contributed by atoms with Crippen molar-refractivity contribution < 1.29 is 39.8 Å². The predicted molar refractivity (Wildman–Crippen MR) is 466 cm³/mol. The maximum absolute atomic E-state index is 5.37. The van der Waals surface area contributed by atoms with Crippen molar-refractivity contribution in [2.24, 2.45) is 0 Å². The van der Waals surface area contributed by atoms with Gasteiger partial charge in [-0.2, -0.15) is 68.8 Å². The predicted octanol–water partition coefficient (Wildman–Crippen LogP) is 23.1. The molecule has 4 nitrogen and oxygen atoms in total. The van der Waals surface area contributed by atoms with Crippen LogP contribution in [0.2, 0.25) is 12.1 Å². The van der Waals surface area contributed by atoms with Gasteiger partial charge in [0.1, 0.15) is 23.0 Å². The van der Waals surface area contributed by atoms with Crippen molar-refractivity contribution in [1.82, 2.24) is 0 Å². The fourth-order valence-electron chi connectivity index (χ4n) is 17.3. The van der Waals surface area contributed by atoms with Crippen LogP contribution in [0, 0.1) is 27.7 Å². The average Bonchev–Trinajstić information content (AvgIpc) is 1.60. The molecule has 12 aromatic carbocycles. The molecule has 546 valence electrons. The quantitative estimate of drug-likeness (QED) is 0.0634. The molecule has 4 unspecified atom stereocenters. The van der Waals surface area contributed by atoms with Gasteiger partial charge in [-0.15, -0.1) is 91.6 Å². The zero-order valence-electron chi connectivity index (χ0n) is 63.8. The van der Waals surface area contributed by atoms with Crippen LogP contribution in [0.25, 0.3) is 68.8 Å². The molecule has 4 aliphatic rings. The molecule has 109 heavy (non-hydrogen) atoms. The SMILES string of the molecule is CC[SiH]([c-]1c(C)cc2c1C=CC=CC2c1ccc(-c2ccc(OC)cc2)cc1)[c-]1c(C)cc2c1C=CC=CC2c1ccc(-c2ccc(OC)cc2)cc1.CC[SiH]([c-]1c(C)cc2c1C=CC=CC2c1ccc(-c2ccc(OC)cc2)cc1)[c-]1c(C)cc2c1C=CC=CC2c1ccc(-c2ccc(OC)cc2)cc1.[Cl][Zr][Cl]. The first-order valence-corrected chi connectivity index (χ1v) is 48.2. The van der Waals surface area contributed by atoms with E-state index in [0.29, 0.717) is 0 Å². The summed E-state index contributed by atoms with van der Waals surface area (Å²) in [5, 5.41) is 6.41. The molecule has 0 saturated heterocycles. The average molecular weight is 1580 g/mol. The molecular weight excluding hydrogens is 1480 g/mol. The first-order chi connectivity index (χ1) is 53.3. The molecule has 4 atom stereocenters. The van der Waals surface area contributed by atoms with Gasteiger partial charge in [-0.3, -0.25) is 0 Å². The number of halogens is 2. The molecule has 0 bridgehead atoms. The number of rotatable bonds is 18. The van der Waals surface area contributed by atoms with Crippen LogP contribution >= 0.6 is 17.0 Å². The standard InChI is InChI=1S/2C50H46O2Si.2ClH.Zr/c2*1-6-53(49-33(2)31-47-43(11-7-9-13-45(47)49)39-19-15-35(16-20-39)37-23-27-41(51-4)28-24-37)50-34(3)32-48-44(12-8-10-14-46(48)50)40-21-17-36(18-22-40)38-25-29-42(52-5)30-26-38;;;/h2*7-32,43-44,53H,6H2,1-5H3;2*1H;/q2*-2;;;+2/p-2. The van der Waals surface area contributed by atoms with Gasteiger partial charge in [0.2, 0.25) is 0 Å². The Balaban J connectivity index is 0.000000176. The van der Waals surface area contributed by atoms with Gasteiger partial charge >= 0.3 is 37.9 Å². The van der Waals surface area contributed by atoms with Crippen LogP contribution in [-0.4, -0.2) is 46.0 Å². The van der Waals surface area contributed by atoms with Crippen LogP contribution < -0.4 is 39.7 Å². The van der Waals surface area contributed by atoms with E-state index in [1.165, 1.54) is 146 Å². The Morgan fingerprint density at radius 1 is 0.284 bits per heavy atom. The zero-order valence-corrected chi connectivity index (χ0v) is 70.1.